The van der Waals surface area contributed by atoms with Gasteiger partial charge in [-0.3, -0.25) is 4.79 Å². The number of piperidine rings is 1. The molecule has 0 radical (unpaired) electrons. The first-order chi connectivity index (χ1) is 12.9. The van der Waals surface area contributed by atoms with E-state index in [0.717, 1.165) is 18.5 Å². The van der Waals surface area contributed by atoms with Gasteiger partial charge in [0.1, 0.15) is 11.9 Å². The molecule has 0 spiro atoms. The summed E-state index contributed by atoms with van der Waals surface area (Å²) in [5.74, 6) is 0.737. The van der Waals surface area contributed by atoms with Gasteiger partial charge < -0.3 is 9.80 Å². The van der Waals surface area contributed by atoms with Crippen LogP contribution in [0.3, 0.4) is 0 Å². The Kier molecular flexibility index (Phi) is 5.62. The molecule has 1 aliphatic rings. The highest BCUT2D eigenvalue weighted by Crippen LogP contribution is 2.36. The highest BCUT2D eigenvalue weighted by Gasteiger charge is 2.39. The number of nitrogens with zero attached hydrogens (tertiary/aromatic N) is 5. The van der Waals surface area contributed by atoms with E-state index in [0.29, 0.717) is 36.0 Å². The normalized spacial score (nSPS) is 15.9. The fourth-order valence-electron chi connectivity index (χ4n) is 3.48. The van der Waals surface area contributed by atoms with Crippen molar-refractivity contribution in [2.75, 3.05) is 25.0 Å². The van der Waals surface area contributed by atoms with Crippen LogP contribution in [0.4, 0.5) is 5.69 Å². The van der Waals surface area contributed by atoms with Gasteiger partial charge in [0.25, 0.3) is 0 Å². The minimum atomic E-state index is -0.431. The maximum Gasteiger partial charge on any atom is 0.228 e. The number of hydrogen-bond acceptors (Lipinski definition) is 5. The summed E-state index contributed by atoms with van der Waals surface area (Å²) in [4.78, 5) is 25.3. The van der Waals surface area contributed by atoms with Crippen LogP contribution in [-0.4, -0.2) is 40.9 Å². The fraction of sp³-hybridized carbons (Fsp3) is 0.400. The van der Waals surface area contributed by atoms with E-state index in [-0.39, 0.29) is 5.91 Å². The lowest BCUT2D eigenvalue weighted by Gasteiger charge is -2.41. The van der Waals surface area contributed by atoms with Crippen molar-refractivity contribution in [3.8, 4) is 6.07 Å². The van der Waals surface area contributed by atoms with Gasteiger partial charge in [-0.15, -0.1) is 0 Å². The summed E-state index contributed by atoms with van der Waals surface area (Å²) in [7, 11) is 1.79. The van der Waals surface area contributed by atoms with E-state index in [2.05, 4.69) is 20.9 Å². The summed E-state index contributed by atoms with van der Waals surface area (Å²) in [6, 6.07) is 9.33. The summed E-state index contributed by atoms with van der Waals surface area (Å²) in [5, 5.41) is 9.92. The van der Waals surface area contributed by atoms with Gasteiger partial charge >= 0.3 is 0 Å². The van der Waals surface area contributed by atoms with Crippen LogP contribution < -0.4 is 4.90 Å². The van der Waals surface area contributed by atoms with Crippen molar-refractivity contribution in [1.29, 1.82) is 5.26 Å². The van der Waals surface area contributed by atoms with Crippen LogP contribution in [0, 0.1) is 16.7 Å². The number of anilines is 1. The van der Waals surface area contributed by atoms with E-state index < -0.39 is 5.41 Å². The molecule has 0 unspecified atom stereocenters. The Labute approximate surface area is 164 Å². The zero-order valence-electron chi connectivity index (χ0n) is 15.5. The van der Waals surface area contributed by atoms with Crippen LogP contribution in [-0.2, 0) is 11.3 Å². The number of carbonyl (C=O) groups is 1. The first-order valence-electron chi connectivity index (χ1n) is 8.89. The van der Waals surface area contributed by atoms with Gasteiger partial charge in [0.15, 0.2) is 0 Å². The van der Waals surface area contributed by atoms with Gasteiger partial charge in [-0.05, 0) is 37.1 Å². The van der Waals surface area contributed by atoms with Crippen molar-refractivity contribution >= 4 is 23.2 Å². The molecule has 1 aromatic carbocycles. The Morgan fingerprint density at radius 1 is 1.33 bits per heavy atom. The standard InChI is InChI=1S/C20H22ClN5O/c1-20(19(27)25(2)14-18-23-8-3-9-24-18)6-10-26(11-7-20)17-5-4-16(21)12-15(17)13-22/h3-5,8-9,12H,6-7,10-11,14H2,1-2H3. The highest BCUT2D eigenvalue weighted by molar-refractivity contribution is 6.30. The van der Waals surface area contributed by atoms with Crippen LogP contribution in [0.2, 0.25) is 5.02 Å². The maximum atomic E-state index is 13.0. The molecule has 0 saturated carbocycles. The van der Waals surface area contributed by atoms with Crippen molar-refractivity contribution < 1.29 is 4.79 Å². The van der Waals surface area contributed by atoms with E-state index in [1.807, 2.05) is 13.0 Å². The molecule has 0 atom stereocenters. The Morgan fingerprint density at radius 2 is 2.00 bits per heavy atom. The molecule has 1 saturated heterocycles. The summed E-state index contributed by atoms with van der Waals surface area (Å²) >= 11 is 5.99. The molecule has 140 valence electrons. The topological polar surface area (TPSA) is 73.1 Å². The lowest BCUT2D eigenvalue weighted by molar-refractivity contribution is -0.141. The lowest BCUT2D eigenvalue weighted by Crippen LogP contribution is -2.48. The summed E-state index contributed by atoms with van der Waals surface area (Å²) in [6.45, 7) is 3.85. The molecule has 1 amide bonds. The molecule has 1 fully saturated rings. The zero-order valence-corrected chi connectivity index (χ0v) is 16.3. The lowest BCUT2D eigenvalue weighted by atomic mass is 9.79. The van der Waals surface area contributed by atoms with E-state index in [9.17, 15) is 10.1 Å². The Morgan fingerprint density at radius 3 is 2.63 bits per heavy atom. The molecule has 1 aromatic heterocycles. The Balaban J connectivity index is 1.66. The number of aromatic nitrogens is 2. The van der Waals surface area contributed by atoms with Crippen molar-refractivity contribution in [2.24, 2.45) is 5.41 Å². The van der Waals surface area contributed by atoms with E-state index in [1.54, 1.807) is 42.5 Å². The first-order valence-corrected chi connectivity index (χ1v) is 9.27. The molecule has 0 N–H and O–H groups in total. The van der Waals surface area contributed by atoms with Crippen LogP contribution in [0.15, 0.2) is 36.7 Å². The van der Waals surface area contributed by atoms with Gasteiger partial charge in [0.2, 0.25) is 5.91 Å². The molecule has 27 heavy (non-hydrogen) atoms. The molecular formula is C20H22ClN5O. The van der Waals surface area contributed by atoms with Gasteiger partial charge in [-0.25, -0.2) is 9.97 Å². The van der Waals surface area contributed by atoms with Gasteiger partial charge in [-0.1, -0.05) is 18.5 Å². The Hall–Kier alpha value is -2.65. The summed E-state index contributed by atoms with van der Waals surface area (Å²) in [5.41, 5.74) is 1.01. The average Bonchev–Trinajstić information content (AvgIpc) is 2.69. The third kappa shape index (κ3) is 4.20. The summed E-state index contributed by atoms with van der Waals surface area (Å²) in [6.07, 6.45) is 4.80. The van der Waals surface area contributed by atoms with Crippen molar-refractivity contribution in [1.82, 2.24) is 14.9 Å². The Bertz CT molecular complexity index is 856. The van der Waals surface area contributed by atoms with E-state index in [4.69, 9.17) is 11.6 Å². The summed E-state index contributed by atoms with van der Waals surface area (Å²) < 4.78 is 0. The molecule has 0 bridgehead atoms. The number of amides is 1. The minimum Gasteiger partial charge on any atom is -0.370 e. The third-order valence-corrected chi connectivity index (χ3v) is 5.38. The molecule has 0 aliphatic carbocycles. The number of nitriles is 1. The molecule has 1 aliphatic heterocycles. The fourth-order valence-corrected chi connectivity index (χ4v) is 3.66. The first kappa shape index (κ1) is 19.1. The van der Waals surface area contributed by atoms with Crippen LogP contribution in [0.25, 0.3) is 0 Å². The minimum absolute atomic E-state index is 0.103. The predicted molar refractivity (Wildman–Crippen MR) is 104 cm³/mol. The second kappa shape index (κ2) is 7.93. The highest BCUT2D eigenvalue weighted by atomic mass is 35.5. The molecule has 2 aromatic rings. The second-order valence-electron chi connectivity index (χ2n) is 7.15. The van der Waals surface area contributed by atoms with Gasteiger partial charge in [-0.2, -0.15) is 5.26 Å². The van der Waals surface area contributed by atoms with Crippen molar-refractivity contribution in [3.05, 3.63) is 53.1 Å². The number of hydrogen-bond donors (Lipinski definition) is 0. The number of carbonyl (C=O) groups excluding carboxylic acids is 1. The van der Waals surface area contributed by atoms with E-state index >= 15 is 0 Å². The monoisotopic (exact) mass is 383 g/mol. The largest absolute Gasteiger partial charge is 0.370 e. The van der Waals surface area contributed by atoms with Crippen LogP contribution >= 0.6 is 11.6 Å². The van der Waals surface area contributed by atoms with Crippen molar-refractivity contribution in [2.45, 2.75) is 26.3 Å². The van der Waals surface area contributed by atoms with Crippen molar-refractivity contribution in [3.63, 3.8) is 0 Å². The number of rotatable bonds is 4. The number of halogens is 1. The quantitative estimate of drug-likeness (QED) is 0.810. The third-order valence-electron chi connectivity index (χ3n) is 5.15. The maximum absolute atomic E-state index is 13.0. The van der Waals surface area contributed by atoms with E-state index in [1.165, 1.54) is 0 Å². The predicted octanol–water partition coefficient (Wildman–Crippen LogP) is 3.27. The second-order valence-corrected chi connectivity index (χ2v) is 7.58. The smallest absolute Gasteiger partial charge is 0.228 e. The molecule has 6 nitrogen and oxygen atoms in total. The molecule has 3 rings (SSSR count). The van der Waals surface area contributed by atoms with Gasteiger partial charge in [0, 0.05) is 43.0 Å². The van der Waals surface area contributed by atoms with Crippen LogP contribution in [0.1, 0.15) is 31.2 Å². The van der Waals surface area contributed by atoms with Gasteiger partial charge in [0.05, 0.1) is 17.8 Å². The van der Waals surface area contributed by atoms with Crippen LogP contribution in [0.5, 0.6) is 0 Å². The molecule has 2 heterocycles. The molecular weight excluding hydrogens is 362 g/mol. The molecule has 7 heteroatoms. The zero-order chi connectivity index (χ0) is 19.4. The SMILES string of the molecule is CN(Cc1ncccn1)C(=O)C1(C)CCN(c2ccc(Cl)cc2C#N)CC1. The average molecular weight is 384 g/mol. The number of benzene rings is 1.